The summed E-state index contributed by atoms with van der Waals surface area (Å²) >= 11 is 2.64. The van der Waals surface area contributed by atoms with Crippen LogP contribution in [0, 0.1) is 0 Å². The molecule has 1 aromatic carbocycles. The van der Waals surface area contributed by atoms with Gasteiger partial charge in [0.05, 0.1) is 12.7 Å². The molecule has 126 valence electrons. The molecule has 1 aromatic heterocycles. The summed E-state index contributed by atoms with van der Waals surface area (Å²) in [6.45, 7) is 0. The first-order valence-electron chi connectivity index (χ1n) is 8.25. The Morgan fingerprint density at radius 1 is 1.17 bits per heavy atom. The summed E-state index contributed by atoms with van der Waals surface area (Å²) in [7, 11) is 1.37. The number of hydrogen-bond donors (Lipinski definition) is 0. The molecule has 0 unspecified atom stereocenters. The van der Waals surface area contributed by atoms with E-state index < -0.39 is 0 Å². The van der Waals surface area contributed by atoms with Crippen LogP contribution in [0.2, 0.25) is 0 Å². The number of fused-ring (bicyclic) bond motifs is 3. The van der Waals surface area contributed by atoms with Gasteiger partial charge in [0.1, 0.15) is 0 Å². The first-order valence-corrected chi connectivity index (χ1v) is 9.33. The molecule has 0 radical (unpaired) electrons. The van der Waals surface area contributed by atoms with E-state index >= 15 is 0 Å². The number of aromatic nitrogens is 2. The zero-order valence-electron chi connectivity index (χ0n) is 13.5. The molecule has 3 aliphatic carbocycles. The monoisotopic (exact) mass is 438 g/mol. The van der Waals surface area contributed by atoms with E-state index in [9.17, 15) is 4.79 Å². The highest BCUT2D eigenvalue weighted by atomic mass is 127. The van der Waals surface area contributed by atoms with Crippen LogP contribution in [0.4, 0.5) is 0 Å². The lowest BCUT2D eigenvalue weighted by Crippen LogP contribution is -2.44. The Morgan fingerprint density at radius 2 is 1.88 bits per heavy atom. The van der Waals surface area contributed by atoms with Crippen molar-refractivity contribution in [2.24, 2.45) is 0 Å². The molecule has 0 aliphatic heterocycles. The predicted molar refractivity (Wildman–Crippen MR) is 97.2 cm³/mol. The van der Waals surface area contributed by atoms with Crippen LogP contribution in [-0.2, 0) is 10.2 Å². The van der Waals surface area contributed by atoms with Crippen molar-refractivity contribution in [2.45, 2.75) is 47.4 Å². The maximum absolute atomic E-state index is 11.7. The van der Waals surface area contributed by atoms with Gasteiger partial charge in [-0.25, -0.2) is 4.79 Å². The molecule has 5 rings (SSSR count). The fourth-order valence-corrected chi connectivity index (χ4v) is 4.72. The maximum atomic E-state index is 11.7. The number of benzene rings is 1. The van der Waals surface area contributed by atoms with Crippen LogP contribution in [-0.4, -0.2) is 26.7 Å². The smallest absolute Gasteiger partial charge is 0.337 e. The molecule has 3 saturated carbocycles. The molecule has 1 heterocycles. The maximum Gasteiger partial charge on any atom is 0.337 e. The second-order valence-corrected chi connectivity index (χ2v) is 9.20. The highest BCUT2D eigenvalue weighted by Gasteiger charge is 2.50. The number of carbonyl (C=O) groups excluding carboxylic acids is 1. The number of carbonyl (C=O) groups is 1. The van der Waals surface area contributed by atoms with Crippen molar-refractivity contribution in [1.82, 2.24) is 10.2 Å². The molecule has 0 atom stereocenters. The number of alkyl halides is 1. The van der Waals surface area contributed by atoms with Crippen molar-refractivity contribution in [3.63, 3.8) is 0 Å². The molecule has 0 N–H and O–H groups in total. The summed E-state index contributed by atoms with van der Waals surface area (Å²) in [5.41, 5.74) is 1.29. The standard InChI is InChI=1S/C18H19IN2O3/c1-23-15(22)13-4-2-3-12(11-13)14-20-21-16(24-14)17-5-8-18(19,9-6-17)10-7-17/h2-4,11H,5-10H2,1H3. The van der Waals surface area contributed by atoms with Crippen molar-refractivity contribution < 1.29 is 13.9 Å². The average molecular weight is 438 g/mol. The number of nitrogens with zero attached hydrogens (tertiary/aromatic N) is 2. The Labute approximate surface area is 154 Å². The molecule has 0 saturated heterocycles. The largest absolute Gasteiger partial charge is 0.465 e. The fraction of sp³-hybridized carbons (Fsp3) is 0.500. The number of rotatable bonds is 3. The summed E-state index contributed by atoms with van der Waals surface area (Å²) in [4.78, 5) is 11.7. The number of halogens is 1. The summed E-state index contributed by atoms with van der Waals surface area (Å²) < 4.78 is 11.3. The van der Waals surface area contributed by atoms with Gasteiger partial charge in [-0.2, -0.15) is 0 Å². The zero-order chi connectivity index (χ0) is 16.8. The van der Waals surface area contributed by atoms with Crippen molar-refractivity contribution in [3.8, 4) is 11.5 Å². The molecule has 5 nitrogen and oxygen atoms in total. The van der Waals surface area contributed by atoms with E-state index in [2.05, 4.69) is 32.8 Å². The Kier molecular flexibility index (Phi) is 3.89. The van der Waals surface area contributed by atoms with E-state index in [0.717, 1.165) is 30.7 Å². The summed E-state index contributed by atoms with van der Waals surface area (Å²) in [6, 6.07) is 7.13. The normalized spacial score (nSPS) is 28.8. The quantitative estimate of drug-likeness (QED) is 0.406. The molecule has 2 aromatic rings. The van der Waals surface area contributed by atoms with Gasteiger partial charge in [-0.15, -0.1) is 10.2 Å². The Morgan fingerprint density at radius 3 is 2.54 bits per heavy atom. The number of ether oxygens (including phenoxy) is 1. The third kappa shape index (κ3) is 2.64. The molecular weight excluding hydrogens is 419 g/mol. The van der Waals surface area contributed by atoms with Crippen molar-refractivity contribution in [2.75, 3.05) is 7.11 Å². The molecule has 0 spiro atoms. The van der Waals surface area contributed by atoms with Crippen LogP contribution in [0.15, 0.2) is 28.7 Å². The third-order valence-electron chi connectivity index (χ3n) is 5.56. The Balaban J connectivity index is 1.63. The van der Waals surface area contributed by atoms with E-state index in [4.69, 9.17) is 9.15 Å². The molecule has 2 bridgehead atoms. The minimum absolute atomic E-state index is 0.0537. The molecule has 3 fully saturated rings. The molecule has 3 aliphatic rings. The first-order chi connectivity index (χ1) is 11.5. The lowest BCUT2D eigenvalue weighted by Gasteiger charge is -2.49. The highest BCUT2D eigenvalue weighted by molar-refractivity contribution is 14.1. The van der Waals surface area contributed by atoms with Crippen LogP contribution >= 0.6 is 22.6 Å². The van der Waals surface area contributed by atoms with Crippen molar-refractivity contribution >= 4 is 28.6 Å². The van der Waals surface area contributed by atoms with E-state index in [1.165, 1.54) is 26.4 Å². The summed E-state index contributed by atoms with van der Waals surface area (Å²) in [5.74, 6) is 0.870. The van der Waals surface area contributed by atoms with Crippen LogP contribution in [0.1, 0.15) is 54.8 Å². The minimum Gasteiger partial charge on any atom is -0.465 e. The van der Waals surface area contributed by atoms with Gasteiger partial charge in [-0.1, -0.05) is 28.7 Å². The van der Waals surface area contributed by atoms with Gasteiger partial charge < -0.3 is 9.15 Å². The van der Waals surface area contributed by atoms with Gasteiger partial charge in [0, 0.05) is 14.4 Å². The van der Waals surface area contributed by atoms with Crippen molar-refractivity contribution in [1.29, 1.82) is 0 Å². The lowest BCUT2D eigenvalue weighted by molar-refractivity contribution is 0.0601. The average Bonchev–Trinajstić information content (AvgIpc) is 3.13. The van der Waals surface area contributed by atoms with E-state index in [1.807, 2.05) is 6.07 Å². The predicted octanol–water partition coefficient (Wildman–Crippen LogP) is 4.30. The first kappa shape index (κ1) is 16.1. The second-order valence-electron chi connectivity index (χ2n) is 6.92. The Hall–Kier alpha value is -1.44. The summed E-state index contributed by atoms with van der Waals surface area (Å²) in [6.07, 6.45) is 7.05. The van der Waals surface area contributed by atoms with E-state index in [1.54, 1.807) is 18.2 Å². The molecule has 24 heavy (non-hydrogen) atoms. The second kappa shape index (κ2) is 5.82. The highest BCUT2D eigenvalue weighted by Crippen LogP contribution is 2.56. The lowest BCUT2D eigenvalue weighted by atomic mass is 9.60. The number of hydrogen-bond acceptors (Lipinski definition) is 5. The SMILES string of the molecule is COC(=O)c1cccc(-c2nnc(C34CCC(I)(CC3)CC4)o2)c1. The zero-order valence-corrected chi connectivity index (χ0v) is 15.7. The van der Waals surface area contributed by atoms with E-state index in [-0.39, 0.29) is 11.4 Å². The Bertz CT molecular complexity index is 762. The van der Waals surface area contributed by atoms with Gasteiger partial charge in [0.25, 0.3) is 0 Å². The number of esters is 1. The van der Waals surface area contributed by atoms with Crippen LogP contribution in [0.25, 0.3) is 11.5 Å². The fourth-order valence-electron chi connectivity index (χ4n) is 3.91. The van der Waals surface area contributed by atoms with Crippen molar-refractivity contribution in [3.05, 3.63) is 35.7 Å². The van der Waals surface area contributed by atoms with Gasteiger partial charge in [-0.3, -0.25) is 0 Å². The van der Waals surface area contributed by atoms with Gasteiger partial charge in [-0.05, 0) is 56.7 Å². The third-order valence-corrected chi connectivity index (χ3v) is 7.18. The molecular formula is C18H19IN2O3. The van der Waals surface area contributed by atoms with Gasteiger partial charge in [0.15, 0.2) is 0 Å². The minimum atomic E-state index is -0.367. The summed E-state index contributed by atoms with van der Waals surface area (Å²) in [5, 5.41) is 8.61. The number of methoxy groups -OCH3 is 1. The van der Waals surface area contributed by atoms with Gasteiger partial charge in [0.2, 0.25) is 11.8 Å². The molecule has 0 amide bonds. The van der Waals surface area contributed by atoms with Gasteiger partial charge >= 0.3 is 5.97 Å². The topological polar surface area (TPSA) is 65.2 Å². The van der Waals surface area contributed by atoms with Crippen LogP contribution in [0.5, 0.6) is 0 Å². The molecule has 6 heteroatoms. The van der Waals surface area contributed by atoms with Crippen LogP contribution < -0.4 is 0 Å². The van der Waals surface area contributed by atoms with Crippen LogP contribution in [0.3, 0.4) is 0 Å². The van der Waals surface area contributed by atoms with E-state index in [0.29, 0.717) is 14.9 Å².